The van der Waals surface area contributed by atoms with E-state index in [1.165, 1.54) is 18.2 Å². The molecule has 0 aliphatic rings. The fourth-order valence-electron chi connectivity index (χ4n) is 1.46. The summed E-state index contributed by atoms with van der Waals surface area (Å²) in [6.45, 7) is 4.68. The third-order valence-electron chi connectivity index (χ3n) is 2.64. The Bertz CT molecular complexity index is 364. The first-order chi connectivity index (χ1) is 8.04. The van der Waals surface area contributed by atoms with Crippen molar-refractivity contribution in [1.29, 1.82) is 0 Å². The van der Waals surface area contributed by atoms with Gasteiger partial charge in [0.1, 0.15) is 4.83 Å². The predicted octanol–water partition coefficient (Wildman–Crippen LogP) is 2.58. The van der Waals surface area contributed by atoms with Crippen LogP contribution in [0, 0.1) is 6.92 Å². The van der Waals surface area contributed by atoms with Crippen molar-refractivity contribution >= 4 is 21.9 Å². The van der Waals surface area contributed by atoms with E-state index in [2.05, 4.69) is 64.1 Å². The van der Waals surface area contributed by atoms with Crippen molar-refractivity contribution in [1.82, 2.24) is 5.32 Å². The first-order valence-electron chi connectivity index (χ1n) is 5.56. The molecule has 0 bridgehead atoms. The molecule has 0 spiro atoms. The van der Waals surface area contributed by atoms with E-state index in [-0.39, 0.29) is 16.8 Å². The van der Waals surface area contributed by atoms with Crippen LogP contribution in [0.3, 0.4) is 0 Å². The van der Waals surface area contributed by atoms with Crippen molar-refractivity contribution in [2.45, 2.75) is 24.7 Å². The molecule has 2 unspecified atom stereocenters. The topological polar surface area (TPSA) is 38.3 Å². The number of aryl methyl sites for hydroxylation is 1. The Kier molecular flexibility index (Phi) is 5.65. The van der Waals surface area contributed by atoms with E-state index in [0.717, 1.165) is 0 Å². The molecule has 1 N–H and O–H groups in total. The molecule has 0 heterocycles. The summed E-state index contributed by atoms with van der Waals surface area (Å²) in [5.41, 5.74) is 2.45. The minimum atomic E-state index is -0.305. The first kappa shape index (κ1) is 14.2. The zero-order valence-electron chi connectivity index (χ0n) is 10.4. The number of hydrogen-bond donors (Lipinski definition) is 1. The van der Waals surface area contributed by atoms with Gasteiger partial charge in [0.15, 0.2) is 0 Å². The van der Waals surface area contributed by atoms with Crippen LogP contribution in [-0.4, -0.2) is 24.5 Å². The third-order valence-corrected chi connectivity index (χ3v) is 3.34. The highest BCUT2D eigenvalue weighted by Gasteiger charge is 2.16. The summed E-state index contributed by atoms with van der Waals surface area (Å²) in [4.78, 5) is 10.9. The number of nitrogens with one attached hydrogen (secondary N) is 1. The molecule has 0 aromatic heterocycles. The van der Waals surface area contributed by atoms with Crippen LogP contribution in [-0.2, 0) is 9.53 Å². The molecule has 2 atom stereocenters. The van der Waals surface area contributed by atoms with Gasteiger partial charge in [-0.3, -0.25) is 4.79 Å². The molecule has 0 aliphatic carbocycles. The lowest BCUT2D eigenvalue weighted by Crippen LogP contribution is -2.31. The first-order valence-corrected chi connectivity index (χ1v) is 6.48. The summed E-state index contributed by atoms with van der Waals surface area (Å²) >= 11 is 3.28. The van der Waals surface area contributed by atoms with Gasteiger partial charge in [0.2, 0.25) is 0 Å². The number of benzene rings is 1. The van der Waals surface area contributed by atoms with Crippen LogP contribution in [0.15, 0.2) is 24.3 Å². The van der Waals surface area contributed by atoms with Crippen molar-refractivity contribution in [3.63, 3.8) is 0 Å². The highest BCUT2D eigenvalue weighted by Crippen LogP contribution is 2.13. The van der Waals surface area contributed by atoms with Gasteiger partial charge in [0.25, 0.3) is 0 Å². The number of esters is 1. The SMILES string of the molecule is COC(=O)C(Br)CNC(C)c1ccc(C)cc1. The Hall–Kier alpha value is -0.870. The number of rotatable bonds is 5. The van der Waals surface area contributed by atoms with Gasteiger partial charge >= 0.3 is 5.97 Å². The average molecular weight is 300 g/mol. The van der Waals surface area contributed by atoms with Gasteiger partial charge in [-0.1, -0.05) is 45.8 Å². The zero-order valence-corrected chi connectivity index (χ0v) is 12.0. The average Bonchev–Trinajstić information content (AvgIpc) is 2.35. The van der Waals surface area contributed by atoms with Gasteiger partial charge in [-0.15, -0.1) is 0 Å². The molecule has 94 valence electrons. The minimum absolute atomic E-state index is 0.209. The van der Waals surface area contributed by atoms with Crippen LogP contribution in [0.5, 0.6) is 0 Å². The van der Waals surface area contributed by atoms with Gasteiger partial charge in [-0.25, -0.2) is 0 Å². The van der Waals surface area contributed by atoms with Crippen LogP contribution in [0.1, 0.15) is 24.1 Å². The number of methoxy groups -OCH3 is 1. The zero-order chi connectivity index (χ0) is 12.8. The summed E-state index contributed by atoms with van der Waals surface area (Å²) in [5.74, 6) is -0.256. The fraction of sp³-hybridized carbons (Fsp3) is 0.462. The third kappa shape index (κ3) is 4.48. The molecule has 0 saturated heterocycles. The summed E-state index contributed by atoms with van der Waals surface area (Å²) in [6, 6.07) is 8.56. The van der Waals surface area contributed by atoms with Crippen molar-refractivity contribution < 1.29 is 9.53 Å². The Labute approximate surface area is 111 Å². The molecule has 0 saturated carbocycles. The van der Waals surface area contributed by atoms with E-state index < -0.39 is 0 Å². The lowest BCUT2D eigenvalue weighted by Gasteiger charge is -2.16. The van der Waals surface area contributed by atoms with Gasteiger partial charge in [0, 0.05) is 12.6 Å². The Morgan fingerprint density at radius 1 is 1.41 bits per heavy atom. The molecule has 4 heteroatoms. The maximum Gasteiger partial charge on any atom is 0.320 e. The molecular formula is C13H18BrNO2. The van der Waals surface area contributed by atoms with E-state index in [1.54, 1.807) is 0 Å². The minimum Gasteiger partial charge on any atom is -0.468 e. The van der Waals surface area contributed by atoms with Gasteiger partial charge in [-0.2, -0.15) is 0 Å². The van der Waals surface area contributed by atoms with Crippen LogP contribution >= 0.6 is 15.9 Å². The molecule has 0 fully saturated rings. The number of alkyl halides is 1. The van der Waals surface area contributed by atoms with E-state index >= 15 is 0 Å². The van der Waals surface area contributed by atoms with Crippen LogP contribution < -0.4 is 5.32 Å². The fourth-order valence-corrected chi connectivity index (χ4v) is 1.84. The van der Waals surface area contributed by atoms with E-state index in [4.69, 9.17) is 0 Å². The Balaban J connectivity index is 2.47. The van der Waals surface area contributed by atoms with Crippen molar-refractivity contribution in [2.75, 3.05) is 13.7 Å². The predicted molar refractivity (Wildman–Crippen MR) is 72.3 cm³/mol. The second-order valence-corrected chi connectivity index (χ2v) is 5.14. The molecule has 3 nitrogen and oxygen atoms in total. The lowest BCUT2D eigenvalue weighted by molar-refractivity contribution is -0.139. The number of halogens is 1. The van der Waals surface area contributed by atoms with Crippen LogP contribution in [0.2, 0.25) is 0 Å². The van der Waals surface area contributed by atoms with Gasteiger partial charge in [0.05, 0.1) is 7.11 Å². The highest BCUT2D eigenvalue weighted by molar-refractivity contribution is 9.10. The summed E-state index contributed by atoms with van der Waals surface area (Å²) in [5, 5.41) is 3.29. The molecule has 0 radical (unpaired) electrons. The van der Waals surface area contributed by atoms with Crippen LogP contribution in [0.25, 0.3) is 0 Å². The smallest absolute Gasteiger partial charge is 0.320 e. The van der Waals surface area contributed by atoms with Gasteiger partial charge < -0.3 is 10.1 Å². The molecule has 0 amide bonds. The Morgan fingerprint density at radius 2 is 2.00 bits per heavy atom. The van der Waals surface area contributed by atoms with Crippen molar-refractivity contribution in [2.24, 2.45) is 0 Å². The molecule has 17 heavy (non-hydrogen) atoms. The second-order valence-electron chi connectivity index (χ2n) is 4.03. The number of carbonyl (C=O) groups excluding carboxylic acids is 1. The van der Waals surface area contributed by atoms with E-state index in [9.17, 15) is 4.79 Å². The maximum absolute atomic E-state index is 11.2. The summed E-state index contributed by atoms with van der Waals surface area (Å²) in [6.07, 6.45) is 0. The number of carbonyl (C=O) groups is 1. The number of hydrogen-bond acceptors (Lipinski definition) is 3. The normalized spacial score (nSPS) is 14.1. The maximum atomic E-state index is 11.2. The molecule has 0 aliphatic heterocycles. The van der Waals surface area contributed by atoms with Gasteiger partial charge in [-0.05, 0) is 19.4 Å². The standard InChI is InChI=1S/C13H18BrNO2/c1-9-4-6-11(7-5-9)10(2)15-8-12(14)13(16)17-3/h4-7,10,12,15H,8H2,1-3H3. The van der Waals surface area contributed by atoms with Crippen molar-refractivity contribution in [3.8, 4) is 0 Å². The summed E-state index contributed by atoms with van der Waals surface area (Å²) < 4.78 is 4.64. The second kappa shape index (κ2) is 6.77. The van der Waals surface area contributed by atoms with Crippen molar-refractivity contribution in [3.05, 3.63) is 35.4 Å². The number of ether oxygens (including phenoxy) is 1. The lowest BCUT2D eigenvalue weighted by atomic mass is 10.1. The Morgan fingerprint density at radius 3 is 2.53 bits per heavy atom. The van der Waals surface area contributed by atoms with E-state index in [1.807, 2.05) is 0 Å². The summed E-state index contributed by atoms with van der Waals surface area (Å²) in [7, 11) is 1.39. The molecular weight excluding hydrogens is 282 g/mol. The molecule has 1 aromatic rings. The van der Waals surface area contributed by atoms with Crippen LogP contribution in [0.4, 0.5) is 0 Å². The monoisotopic (exact) mass is 299 g/mol. The largest absolute Gasteiger partial charge is 0.468 e. The highest BCUT2D eigenvalue weighted by atomic mass is 79.9. The quantitative estimate of drug-likeness (QED) is 0.671. The molecule has 1 aromatic carbocycles. The van der Waals surface area contributed by atoms with E-state index in [0.29, 0.717) is 6.54 Å². The molecule has 1 rings (SSSR count).